The minimum atomic E-state index is 0.855. The average Bonchev–Trinajstić information content (AvgIpc) is 2.55. The van der Waals surface area contributed by atoms with Crippen LogP contribution in [0.5, 0.6) is 0 Å². The number of likely N-dealkylation sites (tertiary alicyclic amines) is 1. The highest BCUT2D eigenvalue weighted by Gasteiger charge is 2.20. The summed E-state index contributed by atoms with van der Waals surface area (Å²) in [6, 6.07) is 0. The first-order valence-electron chi connectivity index (χ1n) is 7.37. The molecule has 0 aromatic heterocycles. The van der Waals surface area contributed by atoms with E-state index in [1.165, 1.54) is 51.7 Å². The van der Waals surface area contributed by atoms with Gasteiger partial charge in [0, 0.05) is 6.54 Å². The molecule has 1 fully saturated rings. The second kappa shape index (κ2) is 7.32. The predicted octanol–water partition coefficient (Wildman–Crippen LogP) is 4.18. The van der Waals surface area contributed by atoms with Crippen molar-refractivity contribution in [3.05, 3.63) is 0 Å². The van der Waals surface area contributed by atoms with Crippen LogP contribution in [0.1, 0.15) is 59.8 Å². The van der Waals surface area contributed by atoms with Crippen molar-refractivity contribution in [2.75, 3.05) is 19.6 Å². The van der Waals surface area contributed by atoms with Crippen molar-refractivity contribution >= 4 is 0 Å². The molecule has 1 aliphatic heterocycles. The van der Waals surface area contributed by atoms with Crippen LogP contribution < -0.4 is 0 Å². The third kappa shape index (κ3) is 4.45. The molecule has 0 bridgehead atoms. The zero-order chi connectivity index (χ0) is 12.0. The summed E-state index contributed by atoms with van der Waals surface area (Å²) in [4.78, 5) is 2.70. The third-order valence-corrected chi connectivity index (χ3v) is 4.68. The first kappa shape index (κ1) is 14.0. The molecule has 96 valence electrons. The van der Waals surface area contributed by atoms with Crippen LogP contribution >= 0.6 is 0 Å². The second-order valence-corrected chi connectivity index (χ2v) is 5.94. The summed E-state index contributed by atoms with van der Waals surface area (Å²) in [5.74, 6) is 2.60. The molecular weight excluding hydrogens is 194 g/mol. The molecule has 1 saturated heterocycles. The first-order valence-corrected chi connectivity index (χ1v) is 7.37. The quantitative estimate of drug-likeness (QED) is 0.678. The lowest BCUT2D eigenvalue weighted by Crippen LogP contribution is -2.33. The lowest BCUT2D eigenvalue weighted by atomic mass is 9.83. The molecule has 1 nitrogen and oxygen atoms in total. The van der Waals surface area contributed by atoms with Crippen LogP contribution in [0.25, 0.3) is 0 Å². The third-order valence-electron chi connectivity index (χ3n) is 4.68. The SMILES string of the molecule is CCC(C)C(C)C(C)CN1CCCCCC1. The van der Waals surface area contributed by atoms with Gasteiger partial charge in [-0.2, -0.15) is 0 Å². The second-order valence-electron chi connectivity index (χ2n) is 5.94. The molecule has 0 aromatic rings. The van der Waals surface area contributed by atoms with Crippen LogP contribution in [0.2, 0.25) is 0 Å². The van der Waals surface area contributed by atoms with Gasteiger partial charge < -0.3 is 4.90 Å². The van der Waals surface area contributed by atoms with Crippen LogP contribution in [0.3, 0.4) is 0 Å². The van der Waals surface area contributed by atoms with Gasteiger partial charge in [-0.05, 0) is 43.7 Å². The Morgan fingerprint density at radius 3 is 1.94 bits per heavy atom. The fraction of sp³-hybridized carbons (Fsp3) is 1.00. The van der Waals surface area contributed by atoms with Crippen LogP contribution in [0.4, 0.5) is 0 Å². The van der Waals surface area contributed by atoms with Crippen LogP contribution in [0, 0.1) is 17.8 Å². The minimum absolute atomic E-state index is 0.855. The van der Waals surface area contributed by atoms with Gasteiger partial charge in [-0.25, -0.2) is 0 Å². The maximum atomic E-state index is 2.70. The number of hydrogen-bond donors (Lipinski definition) is 0. The van der Waals surface area contributed by atoms with Gasteiger partial charge in [0.25, 0.3) is 0 Å². The number of nitrogens with zero attached hydrogens (tertiary/aromatic N) is 1. The standard InChI is InChI=1S/C15H31N/c1-5-13(2)15(4)14(3)12-16-10-8-6-7-9-11-16/h13-15H,5-12H2,1-4H3. The van der Waals surface area contributed by atoms with Crippen LogP contribution in [-0.2, 0) is 0 Å². The molecular formula is C15H31N. The van der Waals surface area contributed by atoms with Crippen molar-refractivity contribution in [2.24, 2.45) is 17.8 Å². The monoisotopic (exact) mass is 225 g/mol. The molecule has 1 heteroatoms. The van der Waals surface area contributed by atoms with Crippen molar-refractivity contribution in [1.29, 1.82) is 0 Å². The maximum absolute atomic E-state index is 2.70. The number of hydrogen-bond acceptors (Lipinski definition) is 1. The van der Waals surface area contributed by atoms with Gasteiger partial charge in [0.15, 0.2) is 0 Å². The van der Waals surface area contributed by atoms with E-state index in [1.807, 2.05) is 0 Å². The van der Waals surface area contributed by atoms with Gasteiger partial charge in [0.05, 0.1) is 0 Å². The maximum Gasteiger partial charge on any atom is 0.000966 e. The molecule has 0 aliphatic carbocycles. The Bertz CT molecular complexity index is 170. The van der Waals surface area contributed by atoms with Crippen molar-refractivity contribution in [3.8, 4) is 0 Å². The molecule has 0 aromatic carbocycles. The summed E-state index contributed by atoms with van der Waals surface area (Å²) in [5, 5.41) is 0. The highest BCUT2D eigenvalue weighted by atomic mass is 15.1. The highest BCUT2D eigenvalue weighted by molar-refractivity contribution is 4.72. The van der Waals surface area contributed by atoms with Crippen molar-refractivity contribution < 1.29 is 0 Å². The Labute approximate surface area is 103 Å². The highest BCUT2D eigenvalue weighted by Crippen LogP contribution is 2.24. The summed E-state index contributed by atoms with van der Waals surface area (Å²) in [5.41, 5.74) is 0. The van der Waals surface area contributed by atoms with E-state index in [-0.39, 0.29) is 0 Å². The molecule has 0 N–H and O–H groups in total. The molecule has 1 rings (SSSR count). The zero-order valence-corrected chi connectivity index (χ0v) is 11.8. The average molecular weight is 225 g/mol. The summed E-state index contributed by atoms with van der Waals surface area (Å²) >= 11 is 0. The summed E-state index contributed by atoms with van der Waals surface area (Å²) in [7, 11) is 0. The normalized spacial score (nSPS) is 24.8. The van der Waals surface area contributed by atoms with Gasteiger partial charge in [0.1, 0.15) is 0 Å². The largest absolute Gasteiger partial charge is 0.303 e. The lowest BCUT2D eigenvalue weighted by Gasteiger charge is -2.30. The molecule has 16 heavy (non-hydrogen) atoms. The molecule has 0 saturated carbocycles. The van der Waals surface area contributed by atoms with Gasteiger partial charge in [-0.1, -0.05) is 47.0 Å². The van der Waals surface area contributed by atoms with E-state index < -0.39 is 0 Å². The number of rotatable bonds is 5. The van der Waals surface area contributed by atoms with Gasteiger partial charge in [-0.15, -0.1) is 0 Å². The molecule has 1 aliphatic rings. The summed E-state index contributed by atoms with van der Waals surface area (Å²) < 4.78 is 0. The van der Waals surface area contributed by atoms with E-state index in [1.54, 1.807) is 0 Å². The molecule has 1 heterocycles. The van der Waals surface area contributed by atoms with E-state index in [4.69, 9.17) is 0 Å². The summed E-state index contributed by atoms with van der Waals surface area (Å²) in [6.07, 6.45) is 7.07. The van der Waals surface area contributed by atoms with Crippen LogP contribution in [0.15, 0.2) is 0 Å². The lowest BCUT2D eigenvalue weighted by molar-refractivity contribution is 0.180. The molecule has 0 amide bonds. The van der Waals surface area contributed by atoms with E-state index in [2.05, 4.69) is 32.6 Å². The zero-order valence-electron chi connectivity index (χ0n) is 11.8. The molecule has 3 unspecified atom stereocenters. The Morgan fingerprint density at radius 1 is 0.875 bits per heavy atom. The summed E-state index contributed by atoms with van der Waals surface area (Å²) in [6.45, 7) is 13.6. The van der Waals surface area contributed by atoms with Crippen molar-refractivity contribution in [3.63, 3.8) is 0 Å². The Hall–Kier alpha value is -0.0400. The fourth-order valence-electron chi connectivity index (χ4n) is 2.82. The van der Waals surface area contributed by atoms with Crippen molar-refractivity contribution in [2.45, 2.75) is 59.8 Å². The minimum Gasteiger partial charge on any atom is -0.303 e. The van der Waals surface area contributed by atoms with E-state index in [9.17, 15) is 0 Å². The molecule has 0 spiro atoms. The van der Waals surface area contributed by atoms with E-state index >= 15 is 0 Å². The molecule has 3 atom stereocenters. The molecule has 0 radical (unpaired) electrons. The Morgan fingerprint density at radius 2 is 1.44 bits per heavy atom. The predicted molar refractivity (Wildman–Crippen MR) is 72.7 cm³/mol. The Balaban J connectivity index is 2.33. The van der Waals surface area contributed by atoms with Gasteiger partial charge >= 0.3 is 0 Å². The van der Waals surface area contributed by atoms with Gasteiger partial charge in [0.2, 0.25) is 0 Å². The fourth-order valence-corrected chi connectivity index (χ4v) is 2.82. The Kier molecular flexibility index (Phi) is 6.41. The van der Waals surface area contributed by atoms with E-state index in [0.29, 0.717) is 0 Å². The first-order chi connectivity index (χ1) is 7.65. The smallest absolute Gasteiger partial charge is 0.000966 e. The van der Waals surface area contributed by atoms with Crippen LogP contribution in [-0.4, -0.2) is 24.5 Å². The van der Waals surface area contributed by atoms with Gasteiger partial charge in [-0.3, -0.25) is 0 Å². The van der Waals surface area contributed by atoms with Crippen molar-refractivity contribution in [1.82, 2.24) is 4.90 Å². The topological polar surface area (TPSA) is 3.24 Å². The van der Waals surface area contributed by atoms with E-state index in [0.717, 1.165) is 17.8 Å².